The highest BCUT2D eigenvalue weighted by molar-refractivity contribution is 5.97. The number of amides is 2. The molecule has 1 aromatic carbocycles. The Morgan fingerprint density at radius 1 is 1.52 bits per heavy atom. The van der Waals surface area contributed by atoms with Crippen molar-refractivity contribution in [2.24, 2.45) is 5.73 Å². The molecule has 6 nitrogen and oxygen atoms in total. The van der Waals surface area contributed by atoms with Gasteiger partial charge in [-0.05, 0) is 24.6 Å². The lowest BCUT2D eigenvalue weighted by atomic mass is 10.2. The van der Waals surface area contributed by atoms with Gasteiger partial charge in [0, 0.05) is 38.0 Å². The van der Waals surface area contributed by atoms with Crippen LogP contribution in [0.4, 0.5) is 11.4 Å². The van der Waals surface area contributed by atoms with Gasteiger partial charge < -0.3 is 20.7 Å². The van der Waals surface area contributed by atoms with Gasteiger partial charge in [0.05, 0.1) is 12.5 Å². The minimum Gasteiger partial charge on any atom is -0.380 e. The topological polar surface area (TPSA) is 84.7 Å². The molecule has 0 spiro atoms. The van der Waals surface area contributed by atoms with Crippen LogP contribution in [0.5, 0.6) is 0 Å². The van der Waals surface area contributed by atoms with Gasteiger partial charge in [0.2, 0.25) is 11.8 Å². The molecule has 1 heterocycles. The molecule has 2 rings (SSSR count). The van der Waals surface area contributed by atoms with E-state index in [0.29, 0.717) is 18.7 Å². The Morgan fingerprint density at radius 2 is 2.33 bits per heavy atom. The monoisotopic (exact) mass is 291 g/mol. The number of rotatable bonds is 6. The van der Waals surface area contributed by atoms with Crippen LogP contribution in [0.15, 0.2) is 24.3 Å². The Balaban J connectivity index is 2.01. The summed E-state index contributed by atoms with van der Waals surface area (Å²) in [5, 5.41) is 2.81. The average Bonchev–Trinajstić information content (AvgIpc) is 2.91. The fraction of sp³-hybridized carbons (Fsp3) is 0.467. The number of benzene rings is 1. The number of nitrogens with zero attached hydrogens (tertiary/aromatic N) is 1. The summed E-state index contributed by atoms with van der Waals surface area (Å²) in [6.45, 7) is 1.03. The van der Waals surface area contributed by atoms with E-state index < -0.39 is 0 Å². The van der Waals surface area contributed by atoms with Gasteiger partial charge in [0.25, 0.3) is 0 Å². The highest BCUT2D eigenvalue weighted by Gasteiger charge is 2.21. The summed E-state index contributed by atoms with van der Waals surface area (Å²) in [6.07, 6.45) is 1.39. The van der Waals surface area contributed by atoms with Crippen LogP contribution in [0, 0.1) is 0 Å². The first kappa shape index (κ1) is 15.5. The van der Waals surface area contributed by atoms with Gasteiger partial charge in [0.1, 0.15) is 0 Å². The quantitative estimate of drug-likeness (QED) is 0.822. The zero-order valence-corrected chi connectivity index (χ0v) is 12.2. The molecule has 1 atom stereocenters. The van der Waals surface area contributed by atoms with Gasteiger partial charge in [-0.2, -0.15) is 0 Å². The number of nitrogens with two attached hydrogens (primary N) is 1. The van der Waals surface area contributed by atoms with Crippen LogP contribution in [0.3, 0.4) is 0 Å². The molecule has 3 N–H and O–H groups in total. The van der Waals surface area contributed by atoms with Gasteiger partial charge in [-0.25, -0.2) is 0 Å². The number of hydrogen-bond acceptors (Lipinski definition) is 4. The minimum atomic E-state index is -0.284. The predicted octanol–water partition coefficient (Wildman–Crippen LogP) is 1.12. The van der Waals surface area contributed by atoms with Gasteiger partial charge >= 0.3 is 0 Å². The second-order valence-electron chi connectivity index (χ2n) is 5.04. The van der Waals surface area contributed by atoms with E-state index in [-0.39, 0.29) is 24.3 Å². The zero-order chi connectivity index (χ0) is 15.2. The average molecular weight is 291 g/mol. The molecule has 0 bridgehead atoms. The molecule has 0 aromatic heterocycles. The summed E-state index contributed by atoms with van der Waals surface area (Å²) in [7, 11) is 1.53. The summed E-state index contributed by atoms with van der Waals surface area (Å²) in [5.41, 5.74) is 6.99. The highest BCUT2D eigenvalue weighted by atomic mass is 16.5. The molecule has 1 fully saturated rings. The van der Waals surface area contributed by atoms with E-state index in [2.05, 4.69) is 5.32 Å². The van der Waals surface area contributed by atoms with Crippen molar-refractivity contribution < 1.29 is 14.3 Å². The maximum absolute atomic E-state index is 11.9. The van der Waals surface area contributed by atoms with Gasteiger partial charge in [-0.3, -0.25) is 9.59 Å². The Morgan fingerprint density at radius 3 is 2.95 bits per heavy atom. The maximum Gasteiger partial charge on any atom is 0.227 e. The molecule has 2 amide bonds. The Labute approximate surface area is 124 Å². The molecule has 0 saturated carbocycles. The molecular formula is C15H21N3O3. The first-order valence-electron chi connectivity index (χ1n) is 7.07. The predicted molar refractivity (Wildman–Crippen MR) is 81.1 cm³/mol. The zero-order valence-electron chi connectivity index (χ0n) is 12.2. The van der Waals surface area contributed by atoms with Crippen LogP contribution in [-0.4, -0.2) is 38.1 Å². The first-order chi connectivity index (χ1) is 10.1. The van der Waals surface area contributed by atoms with Gasteiger partial charge in [-0.15, -0.1) is 0 Å². The summed E-state index contributed by atoms with van der Waals surface area (Å²) in [4.78, 5) is 25.4. The van der Waals surface area contributed by atoms with Crippen LogP contribution >= 0.6 is 0 Å². The van der Waals surface area contributed by atoms with Crippen LogP contribution in [0.2, 0.25) is 0 Å². The molecule has 21 heavy (non-hydrogen) atoms. The molecular weight excluding hydrogens is 270 g/mol. The van der Waals surface area contributed by atoms with Gasteiger partial charge in [-0.1, -0.05) is 6.07 Å². The molecule has 1 unspecified atom stereocenters. The molecule has 0 radical (unpaired) electrons. The van der Waals surface area contributed by atoms with E-state index in [9.17, 15) is 9.59 Å². The highest BCUT2D eigenvalue weighted by Crippen LogP contribution is 2.24. The van der Waals surface area contributed by atoms with E-state index in [1.807, 2.05) is 18.2 Å². The van der Waals surface area contributed by atoms with E-state index >= 15 is 0 Å². The molecule has 1 aliphatic rings. The number of anilines is 2. The molecule has 6 heteroatoms. The van der Waals surface area contributed by atoms with E-state index in [0.717, 1.165) is 18.7 Å². The third-order valence-electron chi connectivity index (χ3n) is 3.52. The SMILES string of the molecule is COC(CN)CC(=O)Nc1cccc(N2CCCC2=O)c1. The van der Waals surface area contributed by atoms with Crippen molar-refractivity contribution in [3.63, 3.8) is 0 Å². The second kappa shape index (κ2) is 7.19. The summed E-state index contributed by atoms with van der Waals surface area (Å²) in [6, 6.07) is 7.31. The van der Waals surface area contributed by atoms with Crippen LogP contribution < -0.4 is 16.0 Å². The van der Waals surface area contributed by atoms with Crippen molar-refractivity contribution in [1.29, 1.82) is 0 Å². The largest absolute Gasteiger partial charge is 0.380 e. The molecule has 1 saturated heterocycles. The lowest BCUT2D eigenvalue weighted by Gasteiger charge is -2.17. The van der Waals surface area contributed by atoms with E-state index in [1.165, 1.54) is 7.11 Å². The molecule has 1 aliphatic heterocycles. The fourth-order valence-electron chi connectivity index (χ4n) is 2.35. The van der Waals surface area contributed by atoms with E-state index in [4.69, 9.17) is 10.5 Å². The lowest BCUT2D eigenvalue weighted by Crippen LogP contribution is -2.28. The smallest absolute Gasteiger partial charge is 0.227 e. The summed E-state index contributed by atoms with van der Waals surface area (Å²) >= 11 is 0. The molecule has 1 aromatic rings. The summed E-state index contributed by atoms with van der Waals surface area (Å²) < 4.78 is 5.09. The Bertz CT molecular complexity index is 515. The normalized spacial score (nSPS) is 16.1. The number of hydrogen-bond donors (Lipinski definition) is 2. The molecule has 114 valence electrons. The second-order valence-corrected chi connectivity index (χ2v) is 5.04. The third kappa shape index (κ3) is 4.03. The number of ether oxygens (including phenoxy) is 1. The van der Waals surface area contributed by atoms with Crippen LogP contribution in [0.25, 0.3) is 0 Å². The minimum absolute atomic E-state index is 0.126. The first-order valence-corrected chi connectivity index (χ1v) is 7.07. The van der Waals surface area contributed by atoms with Crippen molar-refractivity contribution in [3.8, 4) is 0 Å². The van der Waals surface area contributed by atoms with Crippen molar-refractivity contribution in [2.45, 2.75) is 25.4 Å². The van der Waals surface area contributed by atoms with Crippen molar-refractivity contribution in [1.82, 2.24) is 0 Å². The number of nitrogens with one attached hydrogen (secondary N) is 1. The third-order valence-corrected chi connectivity index (χ3v) is 3.52. The van der Waals surface area contributed by atoms with Crippen LogP contribution in [-0.2, 0) is 14.3 Å². The van der Waals surface area contributed by atoms with Crippen molar-refractivity contribution in [2.75, 3.05) is 30.4 Å². The summed E-state index contributed by atoms with van der Waals surface area (Å²) in [5.74, 6) is -0.0294. The van der Waals surface area contributed by atoms with Crippen LogP contribution in [0.1, 0.15) is 19.3 Å². The number of methoxy groups -OCH3 is 1. The van der Waals surface area contributed by atoms with Gasteiger partial charge in [0.15, 0.2) is 0 Å². The Hall–Kier alpha value is -1.92. The molecule has 0 aliphatic carbocycles. The fourth-order valence-corrected chi connectivity index (χ4v) is 2.35. The van der Waals surface area contributed by atoms with Crippen molar-refractivity contribution in [3.05, 3.63) is 24.3 Å². The van der Waals surface area contributed by atoms with E-state index in [1.54, 1.807) is 11.0 Å². The Kier molecular flexibility index (Phi) is 5.30. The number of carbonyl (C=O) groups excluding carboxylic acids is 2. The number of carbonyl (C=O) groups is 2. The lowest BCUT2D eigenvalue weighted by molar-refractivity contribution is -0.118. The maximum atomic E-state index is 11.9. The van der Waals surface area contributed by atoms with Crippen molar-refractivity contribution >= 4 is 23.2 Å². The standard InChI is InChI=1S/C15H21N3O3/c1-21-13(10-16)9-14(19)17-11-4-2-5-12(8-11)18-7-3-6-15(18)20/h2,4-5,8,13H,3,6-7,9-10,16H2,1H3,(H,17,19).